The first-order valence-electron chi connectivity index (χ1n) is 12.3. The predicted octanol–water partition coefficient (Wildman–Crippen LogP) is 6.18. The van der Waals surface area contributed by atoms with Crippen LogP contribution in [0.3, 0.4) is 0 Å². The lowest BCUT2D eigenvalue weighted by Crippen LogP contribution is -2.18. The van der Waals surface area contributed by atoms with Crippen LogP contribution in [0.25, 0.3) is 10.8 Å². The number of nitrogens with zero attached hydrogens (tertiary/aromatic N) is 1. The molecule has 0 saturated heterocycles. The van der Waals surface area contributed by atoms with Crippen LogP contribution in [0.5, 0.6) is 17.2 Å². The number of amides is 2. The van der Waals surface area contributed by atoms with Crippen LogP contribution in [-0.4, -0.2) is 36.2 Å². The third-order valence-electron chi connectivity index (χ3n) is 5.81. The zero-order valence-electron chi connectivity index (χ0n) is 21.9. The van der Waals surface area contributed by atoms with Gasteiger partial charge >= 0.3 is 6.18 Å². The molecular formula is C30H24F3N3O5. The monoisotopic (exact) mass is 563 g/mol. The molecule has 0 aliphatic heterocycles. The van der Waals surface area contributed by atoms with Gasteiger partial charge in [0.25, 0.3) is 11.8 Å². The third-order valence-corrected chi connectivity index (χ3v) is 5.81. The van der Waals surface area contributed by atoms with Gasteiger partial charge in [0.2, 0.25) is 0 Å². The minimum atomic E-state index is -4.80. The normalized spacial score (nSPS) is 11.3. The summed E-state index contributed by atoms with van der Waals surface area (Å²) < 4.78 is 52.3. The van der Waals surface area contributed by atoms with Crippen LogP contribution < -0.4 is 20.1 Å². The number of benzene rings is 3. The summed E-state index contributed by atoms with van der Waals surface area (Å²) in [6.07, 6.45) is -0.715. The number of pyridine rings is 1. The summed E-state index contributed by atoms with van der Waals surface area (Å²) in [4.78, 5) is 40.8. The Labute approximate surface area is 232 Å². The number of fused-ring (bicyclic) bond motifs is 1. The van der Waals surface area contributed by atoms with Crippen LogP contribution in [-0.2, 0) is 11.0 Å². The Hall–Kier alpha value is -5.19. The molecular weight excluding hydrogens is 539 g/mol. The van der Waals surface area contributed by atoms with Crippen molar-refractivity contribution in [2.45, 2.75) is 13.1 Å². The van der Waals surface area contributed by atoms with E-state index in [1.165, 1.54) is 43.6 Å². The summed E-state index contributed by atoms with van der Waals surface area (Å²) >= 11 is 0. The Morgan fingerprint density at radius 3 is 2.41 bits per heavy atom. The number of aromatic nitrogens is 1. The summed E-state index contributed by atoms with van der Waals surface area (Å²) in [6, 6.07) is 16.0. The number of halogens is 3. The first-order chi connectivity index (χ1) is 19.6. The molecule has 0 radical (unpaired) electrons. The number of ether oxygens (including phenoxy) is 2. The molecule has 1 aromatic heterocycles. The van der Waals surface area contributed by atoms with Gasteiger partial charge in [-0.1, -0.05) is 30.3 Å². The van der Waals surface area contributed by atoms with Crippen molar-refractivity contribution in [2.75, 3.05) is 19.0 Å². The van der Waals surface area contributed by atoms with Gasteiger partial charge < -0.3 is 20.1 Å². The molecule has 0 fully saturated rings. The van der Waals surface area contributed by atoms with Crippen molar-refractivity contribution in [2.24, 2.45) is 0 Å². The molecule has 210 valence electrons. The maximum absolute atomic E-state index is 13.8. The van der Waals surface area contributed by atoms with Gasteiger partial charge in [0, 0.05) is 35.9 Å². The van der Waals surface area contributed by atoms with Gasteiger partial charge in [-0.2, -0.15) is 13.2 Å². The molecule has 3 aromatic carbocycles. The fourth-order valence-corrected chi connectivity index (χ4v) is 3.96. The minimum Gasteiger partial charge on any atom is -0.485 e. The highest BCUT2D eigenvalue weighted by Crippen LogP contribution is 2.38. The number of ketones is 1. The topological polar surface area (TPSA) is 107 Å². The molecule has 0 spiro atoms. The van der Waals surface area contributed by atoms with E-state index >= 15 is 0 Å². The van der Waals surface area contributed by atoms with E-state index in [0.717, 1.165) is 12.1 Å². The molecule has 0 aliphatic rings. The number of alkyl halides is 3. The Morgan fingerprint density at radius 2 is 1.68 bits per heavy atom. The van der Waals surface area contributed by atoms with Crippen LogP contribution in [0.2, 0.25) is 0 Å². The smallest absolute Gasteiger partial charge is 0.420 e. The van der Waals surface area contributed by atoms with Crippen LogP contribution in [0.15, 0.2) is 85.1 Å². The number of anilines is 1. The van der Waals surface area contributed by atoms with Crippen molar-refractivity contribution in [1.82, 2.24) is 10.3 Å². The van der Waals surface area contributed by atoms with Gasteiger partial charge in [0.15, 0.2) is 12.4 Å². The molecule has 8 nitrogen and oxygen atoms in total. The molecule has 0 unspecified atom stereocenters. The molecule has 11 heteroatoms. The summed E-state index contributed by atoms with van der Waals surface area (Å²) in [6.45, 7) is 1.04. The minimum absolute atomic E-state index is 0.114. The fourth-order valence-electron chi connectivity index (χ4n) is 3.96. The van der Waals surface area contributed by atoms with Crippen molar-refractivity contribution in [1.29, 1.82) is 0 Å². The van der Waals surface area contributed by atoms with E-state index in [-0.39, 0.29) is 22.9 Å². The van der Waals surface area contributed by atoms with Crippen molar-refractivity contribution in [3.05, 3.63) is 102 Å². The van der Waals surface area contributed by atoms with Crippen molar-refractivity contribution in [3.8, 4) is 17.2 Å². The van der Waals surface area contributed by atoms with E-state index in [4.69, 9.17) is 9.47 Å². The lowest BCUT2D eigenvalue weighted by Gasteiger charge is -2.16. The number of rotatable bonds is 9. The molecule has 1 heterocycles. The van der Waals surface area contributed by atoms with Crippen molar-refractivity contribution in [3.63, 3.8) is 0 Å². The number of allylic oxidation sites excluding steroid dienone is 1. The highest BCUT2D eigenvalue weighted by Gasteiger charge is 2.35. The third kappa shape index (κ3) is 6.88. The quantitative estimate of drug-likeness (QED) is 0.236. The van der Waals surface area contributed by atoms with Gasteiger partial charge in [-0.3, -0.25) is 19.4 Å². The Kier molecular flexibility index (Phi) is 8.66. The van der Waals surface area contributed by atoms with E-state index in [1.807, 2.05) is 0 Å². The maximum Gasteiger partial charge on any atom is 0.420 e. The Bertz CT molecular complexity index is 1650. The fraction of sp³-hybridized carbons (Fsp3) is 0.133. The molecule has 0 atom stereocenters. The van der Waals surface area contributed by atoms with Crippen molar-refractivity contribution < 1.29 is 37.0 Å². The standard InChI is InChI=1S/C30H24F3N3O5/c1-3-6-19(37)17-40-27-12-11-18(15-24(27)30(31,32)33)36-28(38)23-9-4-8-22-21(23)7-5-10-26(22)41-20-13-14-35-25(16-20)29(39)34-2/h3-16H,17H2,1-2H3,(H,34,39)(H,36,38)/b6-3+. The molecule has 2 N–H and O–H groups in total. The van der Waals surface area contributed by atoms with Gasteiger partial charge in [0.1, 0.15) is 22.9 Å². The van der Waals surface area contributed by atoms with Crippen LogP contribution >= 0.6 is 0 Å². The number of nitrogens with one attached hydrogen (secondary N) is 2. The summed E-state index contributed by atoms with van der Waals surface area (Å²) in [5.74, 6) is -1.33. The number of carbonyl (C=O) groups is 3. The molecule has 4 aromatic rings. The van der Waals surface area contributed by atoms with Gasteiger partial charge in [-0.15, -0.1) is 0 Å². The largest absolute Gasteiger partial charge is 0.485 e. The molecule has 0 saturated carbocycles. The van der Waals surface area contributed by atoms with E-state index in [0.29, 0.717) is 22.3 Å². The van der Waals surface area contributed by atoms with Crippen LogP contribution in [0.4, 0.5) is 18.9 Å². The summed E-state index contributed by atoms with van der Waals surface area (Å²) in [5, 5.41) is 6.04. The molecule has 4 rings (SSSR count). The Morgan fingerprint density at radius 1 is 0.927 bits per heavy atom. The average molecular weight is 564 g/mol. The second-order valence-corrected chi connectivity index (χ2v) is 8.63. The van der Waals surface area contributed by atoms with E-state index in [2.05, 4.69) is 15.6 Å². The molecule has 0 bridgehead atoms. The average Bonchev–Trinajstić information content (AvgIpc) is 2.95. The van der Waals surface area contributed by atoms with E-state index in [9.17, 15) is 27.6 Å². The van der Waals surface area contributed by atoms with E-state index in [1.54, 1.807) is 43.3 Å². The van der Waals surface area contributed by atoms with Gasteiger partial charge in [0.05, 0.1) is 5.56 Å². The van der Waals surface area contributed by atoms with Crippen LogP contribution in [0.1, 0.15) is 33.3 Å². The SMILES string of the molecule is C/C=C/C(=O)COc1ccc(NC(=O)c2cccc3c(Oc4ccnc(C(=O)NC)c4)cccc23)cc1C(F)(F)F. The van der Waals surface area contributed by atoms with E-state index < -0.39 is 35.8 Å². The first-order valence-corrected chi connectivity index (χ1v) is 12.3. The second-order valence-electron chi connectivity index (χ2n) is 8.63. The maximum atomic E-state index is 13.8. The van der Waals surface area contributed by atoms with Crippen molar-refractivity contribution >= 4 is 34.1 Å². The predicted molar refractivity (Wildman–Crippen MR) is 146 cm³/mol. The zero-order chi connectivity index (χ0) is 29.6. The highest BCUT2D eigenvalue weighted by molar-refractivity contribution is 6.13. The van der Waals surface area contributed by atoms with Gasteiger partial charge in [-0.25, -0.2) is 0 Å². The summed E-state index contributed by atoms with van der Waals surface area (Å²) in [7, 11) is 1.48. The molecule has 41 heavy (non-hydrogen) atoms. The van der Waals surface area contributed by atoms with Crippen LogP contribution in [0, 0.1) is 0 Å². The zero-order valence-corrected chi connectivity index (χ0v) is 21.9. The second kappa shape index (κ2) is 12.3. The lowest BCUT2D eigenvalue weighted by atomic mass is 10.0. The lowest BCUT2D eigenvalue weighted by molar-refractivity contribution is -0.139. The Balaban J connectivity index is 1.61. The first kappa shape index (κ1) is 28.8. The number of hydrogen-bond acceptors (Lipinski definition) is 6. The number of hydrogen-bond donors (Lipinski definition) is 2. The molecule has 2 amide bonds. The molecule has 0 aliphatic carbocycles. The van der Waals surface area contributed by atoms with Gasteiger partial charge in [-0.05, 0) is 54.8 Å². The summed E-state index contributed by atoms with van der Waals surface area (Å²) in [5.41, 5.74) is -0.896. The highest BCUT2D eigenvalue weighted by atomic mass is 19.4. The number of carbonyl (C=O) groups excluding carboxylic acids is 3.